The molecule has 3 aromatic rings. The molecular formula is C18H22N6O. The first-order valence-corrected chi connectivity index (χ1v) is 8.65. The number of likely N-dealkylation sites (N-methyl/N-ethyl adjacent to an activating group) is 1. The summed E-state index contributed by atoms with van der Waals surface area (Å²) in [5.41, 5.74) is 0.981. The molecule has 3 heterocycles. The molecule has 4 rings (SSSR count). The Bertz CT molecular complexity index is 858. The highest BCUT2D eigenvalue weighted by Gasteiger charge is 2.26. The van der Waals surface area contributed by atoms with E-state index in [0.717, 1.165) is 55.0 Å². The molecule has 0 N–H and O–H groups in total. The molecule has 0 saturated carbocycles. The van der Waals surface area contributed by atoms with Gasteiger partial charge in [0.25, 0.3) is 0 Å². The molecule has 1 unspecified atom stereocenters. The second kappa shape index (κ2) is 6.76. The Labute approximate surface area is 146 Å². The van der Waals surface area contributed by atoms with Crippen LogP contribution in [0.5, 0.6) is 0 Å². The Kier molecular flexibility index (Phi) is 4.31. The second-order valence-corrected chi connectivity index (χ2v) is 6.59. The molecule has 7 nitrogen and oxygen atoms in total. The maximum atomic E-state index is 5.08. The van der Waals surface area contributed by atoms with Crippen LogP contribution in [0.2, 0.25) is 0 Å². The highest BCUT2D eigenvalue weighted by molar-refractivity contribution is 5.89. The van der Waals surface area contributed by atoms with Crippen molar-refractivity contribution in [1.82, 2.24) is 25.0 Å². The molecule has 1 aliphatic heterocycles. The summed E-state index contributed by atoms with van der Waals surface area (Å²) in [5.74, 6) is 2.37. The third kappa shape index (κ3) is 3.32. The average Bonchev–Trinajstić information content (AvgIpc) is 3.05. The number of nitrogens with zero attached hydrogens (tertiary/aromatic N) is 6. The van der Waals surface area contributed by atoms with Crippen molar-refractivity contribution in [2.45, 2.75) is 32.4 Å². The number of hydrogen-bond acceptors (Lipinski definition) is 7. The number of likely N-dealkylation sites (tertiary alicyclic amines) is 1. The monoisotopic (exact) mass is 338 g/mol. The molecule has 1 saturated heterocycles. The zero-order valence-corrected chi connectivity index (χ0v) is 14.6. The second-order valence-electron chi connectivity index (χ2n) is 6.59. The third-order valence-corrected chi connectivity index (χ3v) is 4.82. The zero-order valence-electron chi connectivity index (χ0n) is 14.6. The minimum atomic E-state index is 0.403. The minimum absolute atomic E-state index is 0.403. The summed E-state index contributed by atoms with van der Waals surface area (Å²) in [7, 11) is 2.13. The summed E-state index contributed by atoms with van der Waals surface area (Å²) in [5, 5.41) is 5.11. The smallest absolute Gasteiger partial charge is 0.223 e. The lowest BCUT2D eigenvalue weighted by Gasteiger charge is -2.38. The summed E-state index contributed by atoms with van der Waals surface area (Å²) in [6.07, 6.45) is 3.95. The first kappa shape index (κ1) is 16.0. The highest BCUT2D eigenvalue weighted by Crippen LogP contribution is 2.26. The van der Waals surface area contributed by atoms with Crippen LogP contribution in [0.3, 0.4) is 0 Å². The van der Waals surface area contributed by atoms with Gasteiger partial charge in [-0.2, -0.15) is 4.98 Å². The van der Waals surface area contributed by atoms with Crippen LogP contribution >= 0.6 is 0 Å². The van der Waals surface area contributed by atoms with Crippen LogP contribution in [0.15, 0.2) is 35.1 Å². The molecule has 1 aromatic carbocycles. The molecule has 1 atom stereocenters. The molecule has 2 aromatic heterocycles. The van der Waals surface area contributed by atoms with E-state index < -0.39 is 0 Å². The van der Waals surface area contributed by atoms with E-state index in [1.165, 1.54) is 0 Å². The average molecular weight is 338 g/mol. The first-order valence-electron chi connectivity index (χ1n) is 8.65. The van der Waals surface area contributed by atoms with E-state index in [1.54, 1.807) is 6.33 Å². The molecule has 1 aliphatic rings. The molecule has 0 radical (unpaired) electrons. The number of piperidine rings is 1. The van der Waals surface area contributed by atoms with E-state index in [0.29, 0.717) is 11.9 Å². The summed E-state index contributed by atoms with van der Waals surface area (Å²) < 4.78 is 5.08. The standard InChI is InChI=1S/C18H22N6O/c1-13-21-17(22-25-13)11-24-9-5-6-14(10-24)23(2)18-15-7-3-4-8-16(15)19-12-20-18/h3-4,7-8,12,14H,5-6,9-11H2,1-2H3. The lowest BCUT2D eigenvalue weighted by Crippen LogP contribution is -2.46. The molecule has 130 valence electrons. The Hall–Kier alpha value is -2.54. The van der Waals surface area contributed by atoms with Gasteiger partial charge in [0.1, 0.15) is 12.1 Å². The van der Waals surface area contributed by atoms with Crippen molar-refractivity contribution in [2.24, 2.45) is 0 Å². The summed E-state index contributed by atoms with van der Waals surface area (Å²) in [6, 6.07) is 8.56. The molecule has 25 heavy (non-hydrogen) atoms. The normalized spacial score (nSPS) is 18.6. The van der Waals surface area contributed by atoms with E-state index >= 15 is 0 Å². The van der Waals surface area contributed by atoms with Gasteiger partial charge in [0.05, 0.1) is 12.1 Å². The van der Waals surface area contributed by atoms with Gasteiger partial charge >= 0.3 is 0 Å². The van der Waals surface area contributed by atoms with Crippen LogP contribution < -0.4 is 4.90 Å². The van der Waals surface area contributed by atoms with Gasteiger partial charge in [-0.25, -0.2) is 9.97 Å². The van der Waals surface area contributed by atoms with E-state index in [9.17, 15) is 0 Å². The number of aryl methyl sites for hydroxylation is 1. The van der Waals surface area contributed by atoms with E-state index in [-0.39, 0.29) is 0 Å². The van der Waals surface area contributed by atoms with Crippen LogP contribution in [0.25, 0.3) is 10.9 Å². The summed E-state index contributed by atoms with van der Waals surface area (Å²) in [4.78, 5) is 17.9. The number of benzene rings is 1. The predicted octanol–water partition coefficient (Wildman–Crippen LogP) is 2.42. The highest BCUT2D eigenvalue weighted by atomic mass is 16.5. The lowest BCUT2D eigenvalue weighted by atomic mass is 10.0. The van der Waals surface area contributed by atoms with Gasteiger partial charge in [0.15, 0.2) is 5.82 Å². The van der Waals surface area contributed by atoms with E-state index in [4.69, 9.17) is 4.52 Å². The number of fused-ring (bicyclic) bond motifs is 1. The molecule has 0 spiro atoms. The Morgan fingerprint density at radius 1 is 1.28 bits per heavy atom. The van der Waals surface area contributed by atoms with Gasteiger partial charge in [-0.05, 0) is 31.5 Å². The summed E-state index contributed by atoms with van der Waals surface area (Å²) >= 11 is 0. The fourth-order valence-electron chi connectivity index (χ4n) is 3.54. The Balaban J connectivity index is 1.52. The Morgan fingerprint density at radius 2 is 2.16 bits per heavy atom. The van der Waals surface area contributed by atoms with Crippen LogP contribution in [0.1, 0.15) is 24.6 Å². The predicted molar refractivity (Wildman–Crippen MR) is 95.3 cm³/mol. The molecule has 0 aliphatic carbocycles. The van der Waals surface area contributed by atoms with Gasteiger partial charge in [0, 0.05) is 31.9 Å². The van der Waals surface area contributed by atoms with E-state index in [2.05, 4.69) is 43.0 Å². The largest absolute Gasteiger partial charge is 0.355 e. The van der Waals surface area contributed by atoms with Crippen LogP contribution in [0.4, 0.5) is 5.82 Å². The van der Waals surface area contributed by atoms with Crippen molar-refractivity contribution in [2.75, 3.05) is 25.0 Å². The SMILES string of the molecule is Cc1nc(CN2CCCC(N(C)c3ncnc4ccccc34)C2)no1. The number of aromatic nitrogens is 4. The lowest BCUT2D eigenvalue weighted by molar-refractivity contribution is 0.192. The number of para-hydroxylation sites is 1. The van der Waals surface area contributed by atoms with Crippen molar-refractivity contribution in [3.05, 3.63) is 42.3 Å². The topological polar surface area (TPSA) is 71.2 Å². The maximum absolute atomic E-state index is 5.08. The maximum Gasteiger partial charge on any atom is 0.223 e. The molecule has 7 heteroatoms. The fourth-order valence-corrected chi connectivity index (χ4v) is 3.54. The van der Waals surface area contributed by atoms with Crippen molar-refractivity contribution < 1.29 is 4.52 Å². The van der Waals surface area contributed by atoms with Gasteiger partial charge in [-0.1, -0.05) is 17.3 Å². The van der Waals surface area contributed by atoms with Gasteiger partial charge in [-0.15, -0.1) is 0 Å². The summed E-state index contributed by atoms with van der Waals surface area (Å²) in [6.45, 7) is 4.57. The van der Waals surface area contributed by atoms with Gasteiger partial charge in [0.2, 0.25) is 5.89 Å². The van der Waals surface area contributed by atoms with Crippen molar-refractivity contribution in [3.8, 4) is 0 Å². The van der Waals surface area contributed by atoms with Crippen LogP contribution in [-0.4, -0.2) is 51.2 Å². The zero-order chi connectivity index (χ0) is 17.2. The fraction of sp³-hybridized carbons (Fsp3) is 0.444. The molecule has 0 bridgehead atoms. The molecular weight excluding hydrogens is 316 g/mol. The molecule has 1 fully saturated rings. The molecule has 0 amide bonds. The third-order valence-electron chi connectivity index (χ3n) is 4.82. The van der Waals surface area contributed by atoms with Crippen LogP contribution in [0, 0.1) is 6.92 Å². The van der Waals surface area contributed by atoms with Gasteiger partial charge < -0.3 is 9.42 Å². The van der Waals surface area contributed by atoms with Crippen molar-refractivity contribution in [1.29, 1.82) is 0 Å². The number of anilines is 1. The minimum Gasteiger partial charge on any atom is -0.355 e. The van der Waals surface area contributed by atoms with Crippen molar-refractivity contribution in [3.63, 3.8) is 0 Å². The number of hydrogen-bond donors (Lipinski definition) is 0. The van der Waals surface area contributed by atoms with Crippen LogP contribution in [-0.2, 0) is 6.54 Å². The Morgan fingerprint density at radius 3 is 3.00 bits per heavy atom. The quantitative estimate of drug-likeness (QED) is 0.723. The van der Waals surface area contributed by atoms with Crippen molar-refractivity contribution >= 4 is 16.7 Å². The van der Waals surface area contributed by atoms with Gasteiger partial charge in [-0.3, -0.25) is 4.90 Å². The first-order chi connectivity index (χ1) is 12.2. The number of rotatable bonds is 4. The van der Waals surface area contributed by atoms with E-state index in [1.807, 2.05) is 25.1 Å².